The molecule has 108 valence electrons. The largest absolute Gasteiger partial charge is 0.493 e. The number of ether oxygens (including phenoxy) is 1. The molecule has 0 fully saturated rings. The number of nitrogens with one attached hydrogen (secondary N) is 2. The Morgan fingerprint density at radius 1 is 1.45 bits per heavy atom. The Hall–Kier alpha value is -2.24. The fourth-order valence-electron chi connectivity index (χ4n) is 2.03. The Morgan fingerprint density at radius 2 is 2.20 bits per heavy atom. The zero-order valence-corrected chi connectivity index (χ0v) is 11.3. The molecule has 2 rings (SSSR count). The number of carboxylic acids is 1. The van der Waals surface area contributed by atoms with Crippen molar-refractivity contribution in [2.45, 2.75) is 19.4 Å². The molecule has 0 saturated heterocycles. The molecule has 6 heteroatoms. The maximum Gasteiger partial charge on any atom is 0.315 e. The van der Waals surface area contributed by atoms with Gasteiger partial charge < -0.3 is 20.5 Å². The van der Waals surface area contributed by atoms with Gasteiger partial charge in [0.1, 0.15) is 5.75 Å². The van der Waals surface area contributed by atoms with E-state index in [4.69, 9.17) is 9.84 Å². The van der Waals surface area contributed by atoms with Gasteiger partial charge in [-0.3, -0.25) is 4.79 Å². The third-order valence-corrected chi connectivity index (χ3v) is 3.25. The lowest BCUT2D eigenvalue weighted by Gasteiger charge is -2.26. The van der Waals surface area contributed by atoms with Crippen LogP contribution in [0.3, 0.4) is 0 Å². The van der Waals surface area contributed by atoms with Crippen molar-refractivity contribution in [2.24, 2.45) is 5.92 Å². The van der Waals surface area contributed by atoms with Gasteiger partial charge in [-0.05, 0) is 6.07 Å². The molecule has 6 nitrogen and oxygen atoms in total. The van der Waals surface area contributed by atoms with E-state index in [1.54, 1.807) is 6.92 Å². The van der Waals surface area contributed by atoms with Gasteiger partial charge in [0.25, 0.3) is 0 Å². The zero-order valence-electron chi connectivity index (χ0n) is 11.3. The minimum Gasteiger partial charge on any atom is -0.493 e. The average Bonchev–Trinajstić information content (AvgIpc) is 2.45. The maximum absolute atomic E-state index is 11.8. The SMILES string of the molecule is CC(CNC(=O)NC1CCOc2ccccc21)C(=O)O. The van der Waals surface area contributed by atoms with Crippen LogP contribution in [0.1, 0.15) is 24.9 Å². The third-order valence-electron chi connectivity index (χ3n) is 3.25. The smallest absolute Gasteiger partial charge is 0.315 e. The lowest BCUT2D eigenvalue weighted by molar-refractivity contribution is -0.140. The van der Waals surface area contributed by atoms with Gasteiger partial charge in [0.2, 0.25) is 0 Å². The minimum atomic E-state index is -0.929. The van der Waals surface area contributed by atoms with Crippen molar-refractivity contribution in [1.29, 1.82) is 0 Å². The molecular formula is C14H18N2O4. The zero-order chi connectivity index (χ0) is 14.5. The molecule has 0 radical (unpaired) electrons. The molecule has 20 heavy (non-hydrogen) atoms. The van der Waals surface area contributed by atoms with Gasteiger partial charge in [-0.1, -0.05) is 25.1 Å². The quantitative estimate of drug-likeness (QED) is 0.779. The first-order chi connectivity index (χ1) is 9.58. The summed E-state index contributed by atoms with van der Waals surface area (Å²) < 4.78 is 5.52. The molecule has 0 aromatic heterocycles. The van der Waals surface area contributed by atoms with Gasteiger partial charge in [-0.2, -0.15) is 0 Å². The van der Waals surface area contributed by atoms with Crippen molar-refractivity contribution in [2.75, 3.05) is 13.2 Å². The number of para-hydroxylation sites is 1. The number of carboxylic acid groups (broad SMARTS) is 1. The molecule has 1 aromatic carbocycles. The molecule has 1 aliphatic heterocycles. The molecule has 0 aliphatic carbocycles. The van der Waals surface area contributed by atoms with Crippen molar-refractivity contribution < 1.29 is 19.4 Å². The Kier molecular flexibility index (Phi) is 4.45. The summed E-state index contributed by atoms with van der Waals surface area (Å²) in [6.45, 7) is 2.20. The first-order valence-corrected chi connectivity index (χ1v) is 6.57. The number of aliphatic carboxylic acids is 1. The summed E-state index contributed by atoms with van der Waals surface area (Å²) in [5.41, 5.74) is 0.945. The number of rotatable bonds is 4. The van der Waals surface area contributed by atoms with E-state index in [0.717, 1.165) is 11.3 Å². The van der Waals surface area contributed by atoms with Crippen LogP contribution < -0.4 is 15.4 Å². The molecule has 2 amide bonds. The van der Waals surface area contributed by atoms with E-state index >= 15 is 0 Å². The second kappa shape index (κ2) is 6.27. The van der Waals surface area contributed by atoms with Crippen LogP contribution in [-0.2, 0) is 4.79 Å². The summed E-state index contributed by atoms with van der Waals surface area (Å²) in [4.78, 5) is 22.5. The number of urea groups is 1. The van der Waals surface area contributed by atoms with Gasteiger partial charge in [0.05, 0.1) is 18.6 Å². The highest BCUT2D eigenvalue weighted by molar-refractivity contribution is 5.76. The Labute approximate surface area is 117 Å². The van der Waals surface area contributed by atoms with Crippen molar-refractivity contribution in [3.8, 4) is 5.75 Å². The van der Waals surface area contributed by atoms with Crippen LogP contribution in [0.4, 0.5) is 4.79 Å². The van der Waals surface area contributed by atoms with E-state index in [-0.39, 0.29) is 18.6 Å². The maximum atomic E-state index is 11.8. The van der Waals surface area contributed by atoms with Crippen molar-refractivity contribution in [3.63, 3.8) is 0 Å². The number of carbonyl (C=O) groups excluding carboxylic acids is 1. The topological polar surface area (TPSA) is 87.7 Å². The Balaban J connectivity index is 1.91. The number of amides is 2. The fourth-order valence-corrected chi connectivity index (χ4v) is 2.03. The standard InChI is InChI=1S/C14H18N2O4/c1-9(13(17)18)8-15-14(19)16-11-6-7-20-12-5-3-2-4-10(11)12/h2-5,9,11H,6-8H2,1H3,(H,17,18)(H2,15,16,19). The number of fused-ring (bicyclic) bond motifs is 1. The second-order valence-corrected chi connectivity index (χ2v) is 4.82. The van der Waals surface area contributed by atoms with Crippen LogP contribution in [0, 0.1) is 5.92 Å². The summed E-state index contributed by atoms with van der Waals surface area (Å²) in [6.07, 6.45) is 0.693. The van der Waals surface area contributed by atoms with Gasteiger partial charge >= 0.3 is 12.0 Å². The van der Waals surface area contributed by atoms with Gasteiger partial charge in [-0.15, -0.1) is 0 Å². The van der Waals surface area contributed by atoms with Crippen LogP contribution in [-0.4, -0.2) is 30.3 Å². The second-order valence-electron chi connectivity index (χ2n) is 4.82. The Morgan fingerprint density at radius 3 is 2.95 bits per heavy atom. The van der Waals surface area contributed by atoms with Crippen LogP contribution in [0.2, 0.25) is 0 Å². The summed E-state index contributed by atoms with van der Waals surface area (Å²) in [5.74, 6) is -0.757. The highest BCUT2D eigenvalue weighted by Gasteiger charge is 2.22. The monoisotopic (exact) mass is 278 g/mol. The molecule has 1 aromatic rings. The summed E-state index contributed by atoms with van der Waals surface area (Å²) in [6, 6.07) is 7.09. The van der Waals surface area contributed by atoms with E-state index in [9.17, 15) is 9.59 Å². The van der Waals surface area contributed by atoms with Crippen LogP contribution in [0.15, 0.2) is 24.3 Å². The predicted molar refractivity (Wildman–Crippen MR) is 72.6 cm³/mol. The third kappa shape index (κ3) is 3.40. The first-order valence-electron chi connectivity index (χ1n) is 6.57. The lowest BCUT2D eigenvalue weighted by atomic mass is 10.0. The van der Waals surface area contributed by atoms with E-state index in [2.05, 4.69) is 10.6 Å². The van der Waals surface area contributed by atoms with Gasteiger partial charge in [0, 0.05) is 18.5 Å². The fraction of sp³-hybridized carbons (Fsp3) is 0.429. The lowest BCUT2D eigenvalue weighted by Crippen LogP contribution is -2.42. The molecule has 1 heterocycles. The van der Waals surface area contributed by atoms with Crippen molar-refractivity contribution >= 4 is 12.0 Å². The summed E-state index contributed by atoms with van der Waals surface area (Å²) in [5, 5.41) is 14.2. The Bertz CT molecular complexity index is 504. The number of carbonyl (C=O) groups is 2. The highest BCUT2D eigenvalue weighted by atomic mass is 16.5. The highest BCUT2D eigenvalue weighted by Crippen LogP contribution is 2.31. The summed E-state index contributed by atoms with van der Waals surface area (Å²) >= 11 is 0. The van der Waals surface area contributed by atoms with Crippen LogP contribution in [0.5, 0.6) is 5.75 Å². The van der Waals surface area contributed by atoms with Crippen molar-refractivity contribution in [1.82, 2.24) is 10.6 Å². The normalized spacial score (nSPS) is 18.4. The average molecular weight is 278 g/mol. The molecule has 2 atom stereocenters. The first kappa shape index (κ1) is 14.2. The number of hydrogen-bond donors (Lipinski definition) is 3. The molecule has 3 N–H and O–H groups in total. The molecule has 1 aliphatic rings. The number of benzene rings is 1. The minimum absolute atomic E-state index is 0.103. The number of hydrogen-bond acceptors (Lipinski definition) is 3. The molecule has 2 unspecified atom stereocenters. The van der Waals surface area contributed by atoms with Crippen molar-refractivity contribution in [3.05, 3.63) is 29.8 Å². The predicted octanol–water partition coefficient (Wildman–Crippen LogP) is 1.53. The van der Waals surface area contributed by atoms with Crippen LogP contribution >= 0.6 is 0 Å². The van der Waals surface area contributed by atoms with E-state index in [0.29, 0.717) is 13.0 Å². The van der Waals surface area contributed by atoms with Gasteiger partial charge in [-0.25, -0.2) is 4.79 Å². The van der Waals surface area contributed by atoms with E-state index in [1.807, 2.05) is 24.3 Å². The molecule has 0 spiro atoms. The van der Waals surface area contributed by atoms with Crippen LogP contribution in [0.25, 0.3) is 0 Å². The van der Waals surface area contributed by atoms with E-state index in [1.165, 1.54) is 0 Å². The summed E-state index contributed by atoms with van der Waals surface area (Å²) in [7, 11) is 0. The molecule has 0 bridgehead atoms. The van der Waals surface area contributed by atoms with E-state index < -0.39 is 11.9 Å². The molecule has 0 saturated carbocycles. The molecular weight excluding hydrogens is 260 g/mol. The van der Waals surface area contributed by atoms with Gasteiger partial charge in [0.15, 0.2) is 0 Å².